The third kappa shape index (κ3) is 3.02. The number of nitrogens with one attached hydrogen (secondary N) is 1. The van der Waals surface area contributed by atoms with Gasteiger partial charge in [0.25, 0.3) is 5.91 Å². The highest BCUT2D eigenvalue weighted by molar-refractivity contribution is 7.19. The van der Waals surface area contributed by atoms with E-state index in [4.69, 9.17) is 0 Å². The number of halogens is 1. The second-order valence-electron chi connectivity index (χ2n) is 5.74. The zero-order valence-electron chi connectivity index (χ0n) is 14.0. The highest BCUT2D eigenvalue weighted by atomic mass is 32.1. The van der Waals surface area contributed by atoms with Crippen LogP contribution in [-0.2, 0) is 4.79 Å². The normalized spacial score (nSPS) is 12.9. The highest BCUT2D eigenvalue weighted by Crippen LogP contribution is 2.36. The molecule has 1 aliphatic rings. The van der Waals surface area contributed by atoms with Crippen molar-refractivity contribution in [3.8, 4) is 5.88 Å². The molecule has 0 aliphatic carbocycles. The third-order valence-corrected chi connectivity index (χ3v) is 5.98. The van der Waals surface area contributed by atoms with E-state index in [1.807, 2.05) is 0 Å². The van der Waals surface area contributed by atoms with Crippen LogP contribution in [0.2, 0.25) is 0 Å². The minimum Gasteiger partial charge on any atom is -0.492 e. The number of carbonyl (C=O) groups excluding carboxylic acids is 2. The van der Waals surface area contributed by atoms with Crippen molar-refractivity contribution < 1.29 is 19.1 Å². The number of thiazole rings is 2. The summed E-state index contributed by atoms with van der Waals surface area (Å²) in [4.78, 5) is 36.7. The van der Waals surface area contributed by atoms with Gasteiger partial charge in [0.15, 0.2) is 16.0 Å². The van der Waals surface area contributed by atoms with Gasteiger partial charge in [0.2, 0.25) is 5.88 Å². The van der Waals surface area contributed by atoms with Crippen molar-refractivity contribution in [1.29, 1.82) is 0 Å². The summed E-state index contributed by atoms with van der Waals surface area (Å²) in [5.41, 5.74) is 0.701. The molecule has 10 heteroatoms. The Morgan fingerprint density at radius 1 is 1.22 bits per heavy atom. The molecule has 2 aromatic heterocycles. The number of carbonyl (C=O) groups is 2. The fraction of sp³-hybridized carbons (Fsp3) is 0.118. The van der Waals surface area contributed by atoms with E-state index in [2.05, 4.69) is 20.3 Å². The second-order valence-corrected chi connectivity index (χ2v) is 7.74. The standard InChI is InChI=1S/C17H11FN4O3S2/c1-6-12(7(2)23)26-16(19-6)22-17-21-15(25)13(27-17)11-9-5-8(18)3-4-10(9)20-14(11)24/h3-5,25H,1-2H3,(H,19,21,22). The van der Waals surface area contributed by atoms with Crippen molar-refractivity contribution in [3.05, 3.63) is 50.0 Å². The smallest absolute Gasteiger partial charge is 0.279 e. The van der Waals surface area contributed by atoms with Gasteiger partial charge in [-0.3, -0.25) is 9.59 Å². The van der Waals surface area contributed by atoms with Crippen molar-refractivity contribution in [2.45, 2.75) is 13.8 Å². The zero-order chi connectivity index (χ0) is 19.3. The van der Waals surface area contributed by atoms with E-state index in [1.54, 1.807) is 6.92 Å². The van der Waals surface area contributed by atoms with Crippen molar-refractivity contribution >= 4 is 50.2 Å². The molecule has 3 aromatic rings. The van der Waals surface area contributed by atoms with E-state index in [-0.39, 0.29) is 27.2 Å². The van der Waals surface area contributed by atoms with E-state index < -0.39 is 11.7 Å². The molecule has 1 aromatic carbocycles. The lowest BCUT2D eigenvalue weighted by atomic mass is 10.1. The number of anilines is 2. The van der Waals surface area contributed by atoms with Crippen LogP contribution in [0.5, 0.6) is 5.88 Å². The Hall–Kier alpha value is -2.98. The fourth-order valence-electron chi connectivity index (χ4n) is 2.70. The first-order chi connectivity index (χ1) is 12.8. The van der Waals surface area contributed by atoms with E-state index in [0.29, 0.717) is 26.3 Å². The number of ketones is 1. The number of aromatic nitrogens is 2. The lowest BCUT2D eigenvalue weighted by molar-refractivity contribution is -0.112. The first kappa shape index (κ1) is 17.4. The number of aromatic hydroxyl groups is 1. The number of benzene rings is 1. The third-order valence-electron chi connectivity index (χ3n) is 3.83. The number of amides is 1. The van der Waals surface area contributed by atoms with Gasteiger partial charge in [-0.15, -0.1) is 0 Å². The molecule has 1 aliphatic heterocycles. The summed E-state index contributed by atoms with van der Waals surface area (Å²) in [6.45, 7) is 3.18. The van der Waals surface area contributed by atoms with Crippen LogP contribution in [0.4, 0.5) is 14.7 Å². The topological polar surface area (TPSA) is 105 Å². The predicted molar refractivity (Wildman–Crippen MR) is 98.6 cm³/mol. The number of rotatable bonds is 4. The number of aryl methyl sites for hydroxylation is 1. The Morgan fingerprint density at radius 3 is 2.67 bits per heavy atom. The van der Waals surface area contributed by atoms with Gasteiger partial charge in [-0.05, 0) is 25.1 Å². The SMILES string of the molecule is CC(=O)c1sc(Nc2nc(O)c(C3=c4cc(F)ccc4=NC3=O)s2)nc1C. The van der Waals surface area contributed by atoms with Crippen molar-refractivity contribution in [1.82, 2.24) is 9.97 Å². The van der Waals surface area contributed by atoms with Crippen LogP contribution >= 0.6 is 22.7 Å². The van der Waals surface area contributed by atoms with Gasteiger partial charge in [-0.25, -0.2) is 14.4 Å². The van der Waals surface area contributed by atoms with Crippen LogP contribution < -0.4 is 15.9 Å². The molecule has 0 bridgehead atoms. The maximum atomic E-state index is 13.6. The molecule has 0 saturated heterocycles. The molecule has 4 rings (SSSR count). The molecule has 0 spiro atoms. The molecule has 136 valence electrons. The molecule has 1 amide bonds. The van der Waals surface area contributed by atoms with Crippen molar-refractivity contribution in [2.75, 3.05) is 5.32 Å². The van der Waals surface area contributed by atoms with E-state index >= 15 is 0 Å². The molecule has 0 saturated carbocycles. The summed E-state index contributed by atoms with van der Waals surface area (Å²) >= 11 is 2.19. The molecule has 27 heavy (non-hydrogen) atoms. The molecule has 7 nitrogen and oxygen atoms in total. The largest absolute Gasteiger partial charge is 0.492 e. The van der Waals surface area contributed by atoms with Gasteiger partial charge in [0.05, 0.1) is 21.5 Å². The van der Waals surface area contributed by atoms with Gasteiger partial charge in [0, 0.05) is 12.1 Å². The molecular formula is C17H11FN4O3S2. The average Bonchev–Trinajstić information content (AvgIpc) is 3.22. The number of fused-ring (bicyclic) bond motifs is 1. The summed E-state index contributed by atoms with van der Waals surface area (Å²) < 4.78 is 13.6. The van der Waals surface area contributed by atoms with Crippen LogP contribution in [0.15, 0.2) is 23.2 Å². The Kier molecular flexibility index (Phi) is 4.08. The lowest BCUT2D eigenvalue weighted by Crippen LogP contribution is -2.23. The molecular weight excluding hydrogens is 391 g/mol. The van der Waals surface area contributed by atoms with Gasteiger partial charge < -0.3 is 10.4 Å². The van der Waals surface area contributed by atoms with Crippen LogP contribution in [-0.4, -0.2) is 26.8 Å². The maximum Gasteiger partial charge on any atom is 0.279 e. The van der Waals surface area contributed by atoms with Crippen molar-refractivity contribution in [2.24, 2.45) is 4.99 Å². The maximum absolute atomic E-state index is 13.6. The summed E-state index contributed by atoms with van der Waals surface area (Å²) in [6, 6.07) is 3.83. The molecule has 0 unspecified atom stereocenters. The zero-order valence-corrected chi connectivity index (χ0v) is 15.7. The minimum atomic E-state index is -0.565. The van der Waals surface area contributed by atoms with Gasteiger partial charge >= 0.3 is 0 Å². The summed E-state index contributed by atoms with van der Waals surface area (Å²) in [7, 11) is 0. The first-order valence-corrected chi connectivity index (χ1v) is 9.35. The quantitative estimate of drug-likeness (QED) is 0.648. The highest BCUT2D eigenvalue weighted by Gasteiger charge is 2.25. The van der Waals surface area contributed by atoms with E-state index in [9.17, 15) is 19.1 Å². The van der Waals surface area contributed by atoms with Gasteiger partial charge in [0.1, 0.15) is 10.7 Å². The predicted octanol–water partition coefficient (Wildman–Crippen LogP) is 2.06. The molecule has 2 N–H and O–H groups in total. The number of nitrogens with zero attached hydrogens (tertiary/aromatic N) is 3. The van der Waals surface area contributed by atoms with Gasteiger partial charge in [-0.2, -0.15) is 4.98 Å². The Bertz CT molecular complexity index is 1250. The monoisotopic (exact) mass is 402 g/mol. The molecule has 0 radical (unpaired) electrons. The Labute approximate surface area is 159 Å². The van der Waals surface area contributed by atoms with Crippen LogP contribution in [0, 0.1) is 12.7 Å². The minimum absolute atomic E-state index is 0.0897. The van der Waals surface area contributed by atoms with E-state index in [0.717, 1.165) is 11.3 Å². The van der Waals surface area contributed by atoms with Crippen LogP contribution in [0.25, 0.3) is 5.57 Å². The Morgan fingerprint density at radius 2 is 1.96 bits per heavy atom. The summed E-state index contributed by atoms with van der Waals surface area (Å²) in [5, 5.41) is 14.5. The average molecular weight is 402 g/mol. The van der Waals surface area contributed by atoms with Crippen molar-refractivity contribution in [3.63, 3.8) is 0 Å². The summed E-state index contributed by atoms with van der Waals surface area (Å²) in [5.74, 6) is -1.52. The first-order valence-electron chi connectivity index (χ1n) is 7.72. The van der Waals surface area contributed by atoms with E-state index in [1.165, 1.54) is 36.5 Å². The summed E-state index contributed by atoms with van der Waals surface area (Å²) in [6.07, 6.45) is 0. The number of hydrogen-bond acceptors (Lipinski definition) is 8. The second kappa shape index (κ2) is 6.32. The molecule has 3 heterocycles. The fourth-order valence-corrected chi connectivity index (χ4v) is 4.54. The number of Topliss-reactive ketones (excluding diaryl/α,β-unsaturated/α-hetero) is 1. The van der Waals surface area contributed by atoms with Crippen LogP contribution in [0.1, 0.15) is 27.2 Å². The van der Waals surface area contributed by atoms with Crippen LogP contribution in [0.3, 0.4) is 0 Å². The Balaban J connectivity index is 1.76. The molecule has 0 atom stereocenters. The van der Waals surface area contributed by atoms with Gasteiger partial charge in [-0.1, -0.05) is 22.7 Å². The lowest BCUT2D eigenvalue weighted by Gasteiger charge is -1.96. The molecule has 0 fully saturated rings. The number of hydrogen-bond donors (Lipinski definition) is 2.